The Morgan fingerprint density at radius 2 is 1.75 bits per heavy atom. The third-order valence-corrected chi connectivity index (χ3v) is 1.46. The van der Waals surface area contributed by atoms with Gasteiger partial charge in [-0.05, 0) is 19.8 Å². The normalized spacial score (nSPS) is 12.4. The Labute approximate surface area is 75.6 Å². The third-order valence-electron chi connectivity index (χ3n) is 1.46. The first-order chi connectivity index (χ1) is 5.57. The van der Waals surface area contributed by atoms with E-state index in [0.29, 0.717) is 12.0 Å². The molecule has 3 nitrogen and oxygen atoms in total. The van der Waals surface area contributed by atoms with E-state index in [-0.39, 0.29) is 0 Å². The summed E-state index contributed by atoms with van der Waals surface area (Å²) in [6, 6.07) is 0.484. The minimum Gasteiger partial charge on any atom is -0.387 e. The van der Waals surface area contributed by atoms with Crippen molar-refractivity contribution in [3.05, 3.63) is 11.9 Å². The molecule has 0 amide bonds. The Morgan fingerprint density at radius 3 is 2.08 bits per heavy atom. The van der Waals surface area contributed by atoms with E-state index < -0.39 is 0 Å². The molecule has 0 aromatic rings. The van der Waals surface area contributed by atoms with Gasteiger partial charge in [0.2, 0.25) is 0 Å². The quantitative estimate of drug-likeness (QED) is 0.544. The number of hydrogen-bond acceptors (Lipinski definition) is 3. The van der Waals surface area contributed by atoms with E-state index in [1.807, 2.05) is 13.2 Å². The highest BCUT2D eigenvalue weighted by Gasteiger charge is 2.00. The lowest BCUT2D eigenvalue weighted by atomic mass is 10.1. The maximum Gasteiger partial charge on any atom is 0.0443 e. The van der Waals surface area contributed by atoms with Crippen LogP contribution >= 0.6 is 0 Å². The molecule has 0 radical (unpaired) electrons. The maximum atomic E-state index is 3.25. The lowest BCUT2D eigenvalue weighted by Gasteiger charge is -2.14. The Bertz CT molecular complexity index is 139. The highest BCUT2D eigenvalue weighted by atomic mass is 15.3. The summed E-state index contributed by atoms with van der Waals surface area (Å²) in [6.45, 7) is 8.54. The topological polar surface area (TPSA) is 36.1 Å². The van der Waals surface area contributed by atoms with Gasteiger partial charge in [0.1, 0.15) is 0 Å². The second kappa shape index (κ2) is 5.89. The van der Waals surface area contributed by atoms with Crippen molar-refractivity contribution in [2.75, 3.05) is 7.05 Å². The maximum absolute atomic E-state index is 3.25. The van der Waals surface area contributed by atoms with Crippen molar-refractivity contribution >= 4 is 0 Å². The van der Waals surface area contributed by atoms with Crippen LogP contribution in [0.3, 0.4) is 0 Å². The fraction of sp³-hybridized carbons (Fsp3) is 0.778. The number of hydrogen-bond donors (Lipinski definition) is 3. The fourth-order valence-electron chi connectivity index (χ4n) is 0.748. The summed E-state index contributed by atoms with van der Waals surface area (Å²) in [5.74, 6) is 0.503. The van der Waals surface area contributed by atoms with Crippen LogP contribution in [-0.4, -0.2) is 13.1 Å². The molecule has 0 heterocycles. The molecule has 72 valence electrons. The molecule has 0 aliphatic heterocycles. The third kappa shape index (κ3) is 5.02. The smallest absolute Gasteiger partial charge is 0.0443 e. The van der Waals surface area contributed by atoms with Crippen molar-refractivity contribution in [1.82, 2.24) is 16.2 Å². The van der Waals surface area contributed by atoms with Crippen molar-refractivity contribution < 1.29 is 0 Å². The summed E-state index contributed by atoms with van der Waals surface area (Å²) in [6.07, 6.45) is 2.02. The first kappa shape index (κ1) is 11.3. The van der Waals surface area contributed by atoms with Crippen LogP contribution in [0.2, 0.25) is 0 Å². The van der Waals surface area contributed by atoms with Gasteiger partial charge in [-0.2, -0.15) is 0 Å². The SMILES string of the molecule is CNN/C(=C\NC(C)C)C(C)C. The van der Waals surface area contributed by atoms with Gasteiger partial charge in [0.25, 0.3) is 0 Å². The van der Waals surface area contributed by atoms with Crippen LogP contribution in [0.1, 0.15) is 27.7 Å². The van der Waals surface area contributed by atoms with Crippen LogP contribution in [0.5, 0.6) is 0 Å². The molecule has 0 rings (SSSR count). The van der Waals surface area contributed by atoms with Crippen LogP contribution in [0.15, 0.2) is 11.9 Å². The molecule has 0 saturated carbocycles. The predicted molar refractivity (Wildman–Crippen MR) is 53.4 cm³/mol. The summed E-state index contributed by atoms with van der Waals surface area (Å²) in [5, 5.41) is 3.25. The van der Waals surface area contributed by atoms with Crippen LogP contribution in [-0.2, 0) is 0 Å². The lowest BCUT2D eigenvalue weighted by Crippen LogP contribution is -2.31. The average molecular weight is 171 g/mol. The second-order valence-electron chi connectivity index (χ2n) is 3.45. The van der Waals surface area contributed by atoms with E-state index in [1.165, 1.54) is 5.70 Å². The number of hydrazine groups is 1. The molecular weight excluding hydrogens is 150 g/mol. The van der Waals surface area contributed by atoms with E-state index in [2.05, 4.69) is 43.9 Å². The first-order valence-corrected chi connectivity index (χ1v) is 4.46. The fourth-order valence-corrected chi connectivity index (χ4v) is 0.748. The number of allylic oxidation sites excluding steroid dienone is 1. The molecule has 0 fully saturated rings. The van der Waals surface area contributed by atoms with Crippen molar-refractivity contribution in [2.45, 2.75) is 33.7 Å². The monoisotopic (exact) mass is 171 g/mol. The van der Waals surface area contributed by atoms with E-state index >= 15 is 0 Å². The van der Waals surface area contributed by atoms with Gasteiger partial charge in [-0.25, -0.2) is 5.43 Å². The summed E-state index contributed by atoms with van der Waals surface area (Å²) in [7, 11) is 1.87. The average Bonchev–Trinajstić information content (AvgIpc) is 1.96. The van der Waals surface area contributed by atoms with Gasteiger partial charge >= 0.3 is 0 Å². The van der Waals surface area contributed by atoms with Gasteiger partial charge in [0, 0.05) is 25.0 Å². The Kier molecular flexibility index (Phi) is 5.54. The molecule has 0 atom stereocenters. The summed E-state index contributed by atoms with van der Waals surface area (Å²) in [5.41, 5.74) is 7.17. The van der Waals surface area contributed by atoms with Crippen LogP contribution in [0.25, 0.3) is 0 Å². The van der Waals surface area contributed by atoms with Crippen molar-refractivity contribution in [3.63, 3.8) is 0 Å². The minimum atomic E-state index is 0.484. The molecule has 3 N–H and O–H groups in total. The predicted octanol–water partition coefficient (Wildman–Crippen LogP) is 1.21. The molecule has 0 unspecified atom stereocenters. The van der Waals surface area contributed by atoms with Crippen LogP contribution in [0, 0.1) is 5.92 Å². The molecule has 0 spiro atoms. The summed E-state index contributed by atoms with van der Waals surface area (Å²) >= 11 is 0. The summed E-state index contributed by atoms with van der Waals surface area (Å²) < 4.78 is 0. The van der Waals surface area contributed by atoms with Gasteiger partial charge < -0.3 is 10.7 Å². The van der Waals surface area contributed by atoms with Crippen molar-refractivity contribution in [1.29, 1.82) is 0 Å². The van der Waals surface area contributed by atoms with Gasteiger partial charge in [-0.15, -0.1) is 0 Å². The minimum absolute atomic E-state index is 0.484. The van der Waals surface area contributed by atoms with E-state index in [4.69, 9.17) is 0 Å². The molecule has 12 heavy (non-hydrogen) atoms. The molecule has 0 aromatic carbocycles. The zero-order valence-corrected chi connectivity index (χ0v) is 8.73. The molecule has 0 aliphatic carbocycles. The highest BCUT2D eigenvalue weighted by Crippen LogP contribution is 2.02. The van der Waals surface area contributed by atoms with Gasteiger partial charge in [-0.1, -0.05) is 13.8 Å². The summed E-state index contributed by atoms with van der Waals surface area (Å²) in [4.78, 5) is 0. The first-order valence-electron chi connectivity index (χ1n) is 4.46. The zero-order chi connectivity index (χ0) is 9.56. The Morgan fingerprint density at radius 1 is 1.17 bits per heavy atom. The molecule has 0 aromatic heterocycles. The largest absolute Gasteiger partial charge is 0.387 e. The number of rotatable bonds is 5. The molecule has 3 heteroatoms. The standard InChI is InChI=1S/C9H21N3/c1-7(2)9(12-10-5)6-11-8(3)4/h6-8,10-12H,1-5H3/b9-6-. The van der Waals surface area contributed by atoms with E-state index in [1.54, 1.807) is 0 Å². The van der Waals surface area contributed by atoms with E-state index in [0.717, 1.165) is 0 Å². The second-order valence-corrected chi connectivity index (χ2v) is 3.45. The van der Waals surface area contributed by atoms with Gasteiger partial charge in [0.05, 0.1) is 0 Å². The van der Waals surface area contributed by atoms with Crippen molar-refractivity contribution in [3.8, 4) is 0 Å². The van der Waals surface area contributed by atoms with Crippen LogP contribution < -0.4 is 16.2 Å². The molecular formula is C9H21N3. The molecule has 0 aliphatic rings. The number of nitrogens with one attached hydrogen (secondary N) is 3. The Hall–Kier alpha value is -0.700. The van der Waals surface area contributed by atoms with Crippen LogP contribution in [0.4, 0.5) is 0 Å². The highest BCUT2D eigenvalue weighted by molar-refractivity contribution is 5.00. The molecule has 0 bridgehead atoms. The zero-order valence-electron chi connectivity index (χ0n) is 8.73. The van der Waals surface area contributed by atoms with E-state index in [9.17, 15) is 0 Å². The lowest BCUT2D eigenvalue weighted by molar-refractivity contribution is 0.576. The van der Waals surface area contributed by atoms with Crippen molar-refractivity contribution in [2.24, 2.45) is 5.92 Å². The Balaban J connectivity index is 3.99. The molecule has 0 saturated heterocycles. The van der Waals surface area contributed by atoms with Gasteiger partial charge in [0.15, 0.2) is 0 Å². The van der Waals surface area contributed by atoms with Gasteiger partial charge in [-0.3, -0.25) is 0 Å².